The summed E-state index contributed by atoms with van der Waals surface area (Å²) in [7, 11) is 0. The van der Waals surface area contributed by atoms with Crippen LogP contribution < -0.4 is 10.6 Å². The van der Waals surface area contributed by atoms with Gasteiger partial charge in [-0.25, -0.2) is 4.68 Å². The molecule has 0 unspecified atom stereocenters. The second kappa shape index (κ2) is 6.01. The summed E-state index contributed by atoms with van der Waals surface area (Å²) in [6.07, 6.45) is 4.02. The Labute approximate surface area is 131 Å². The predicted octanol–water partition coefficient (Wildman–Crippen LogP) is 2.63. The lowest BCUT2D eigenvalue weighted by molar-refractivity contribution is 0.475. The summed E-state index contributed by atoms with van der Waals surface area (Å²) in [4.78, 5) is 2.39. The summed E-state index contributed by atoms with van der Waals surface area (Å²) < 4.78 is 1.98. The van der Waals surface area contributed by atoms with Gasteiger partial charge in [-0.05, 0) is 43.0 Å². The third-order valence-corrected chi connectivity index (χ3v) is 4.31. The minimum absolute atomic E-state index is 0.271. The summed E-state index contributed by atoms with van der Waals surface area (Å²) in [5, 5.41) is 14.1. The van der Waals surface area contributed by atoms with Gasteiger partial charge < -0.3 is 15.7 Å². The van der Waals surface area contributed by atoms with Crippen LogP contribution in [-0.4, -0.2) is 34.0 Å². The first-order chi connectivity index (χ1) is 10.6. The summed E-state index contributed by atoms with van der Waals surface area (Å²) in [6, 6.07) is 7.50. The van der Waals surface area contributed by atoms with Crippen molar-refractivity contribution in [1.29, 1.82) is 0 Å². The van der Waals surface area contributed by atoms with Gasteiger partial charge in [0.25, 0.3) is 0 Å². The van der Waals surface area contributed by atoms with E-state index in [1.807, 2.05) is 23.0 Å². The molecule has 1 saturated heterocycles. The van der Waals surface area contributed by atoms with E-state index in [1.165, 1.54) is 11.4 Å². The van der Waals surface area contributed by atoms with Crippen LogP contribution in [0.3, 0.4) is 0 Å². The van der Waals surface area contributed by atoms with Gasteiger partial charge in [-0.3, -0.25) is 0 Å². The lowest BCUT2D eigenvalue weighted by Gasteiger charge is -2.32. The molecular formula is C17H24N4O. The van der Waals surface area contributed by atoms with Gasteiger partial charge in [-0.2, -0.15) is 5.10 Å². The molecule has 0 spiro atoms. The Balaban J connectivity index is 1.97. The van der Waals surface area contributed by atoms with Gasteiger partial charge in [0.15, 0.2) is 0 Å². The maximum atomic E-state index is 9.47. The van der Waals surface area contributed by atoms with Crippen molar-refractivity contribution in [2.75, 3.05) is 18.0 Å². The van der Waals surface area contributed by atoms with E-state index in [4.69, 9.17) is 5.73 Å². The van der Waals surface area contributed by atoms with Crippen molar-refractivity contribution in [2.45, 2.75) is 38.6 Å². The van der Waals surface area contributed by atoms with Gasteiger partial charge in [0, 0.05) is 19.1 Å². The summed E-state index contributed by atoms with van der Waals surface area (Å²) in [5.41, 5.74) is 9.40. The van der Waals surface area contributed by atoms with Gasteiger partial charge in [0.05, 0.1) is 23.3 Å². The maximum absolute atomic E-state index is 9.47. The molecule has 5 nitrogen and oxygen atoms in total. The Bertz CT molecular complexity index is 625. The monoisotopic (exact) mass is 300 g/mol. The lowest BCUT2D eigenvalue weighted by atomic mass is 10.0. The molecule has 3 N–H and O–H groups in total. The van der Waals surface area contributed by atoms with Gasteiger partial charge in [0.2, 0.25) is 0 Å². The highest BCUT2D eigenvalue weighted by atomic mass is 16.3. The number of anilines is 1. The zero-order valence-corrected chi connectivity index (χ0v) is 13.2. The summed E-state index contributed by atoms with van der Waals surface area (Å²) in [6.45, 7) is 6.35. The van der Waals surface area contributed by atoms with E-state index >= 15 is 0 Å². The number of aromatic hydroxyl groups is 1. The molecule has 22 heavy (non-hydrogen) atoms. The van der Waals surface area contributed by atoms with Gasteiger partial charge in [0.1, 0.15) is 5.75 Å². The number of piperidine rings is 1. The number of nitrogens with zero attached hydrogens (tertiary/aromatic N) is 3. The first-order valence-corrected chi connectivity index (χ1v) is 7.94. The molecule has 2 aromatic rings. The first-order valence-electron chi connectivity index (χ1n) is 7.94. The van der Waals surface area contributed by atoms with Crippen LogP contribution in [0.5, 0.6) is 5.75 Å². The Morgan fingerprint density at radius 2 is 1.82 bits per heavy atom. The van der Waals surface area contributed by atoms with E-state index in [1.54, 1.807) is 12.1 Å². The standard InChI is InChI=1S/C17H24N4O/c1-12(2)17-16(20-9-7-13(18)8-10-20)11-19-21(17)14-3-5-15(22)6-4-14/h3-6,11-13,22H,7-10,18H2,1-2H3. The molecule has 0 aliphatic carbocycles. The second-order valence-electron chi connectivity index (χ2n) is 6.32. The van der Waals surface area contributed by atoms with Crippen molar-refractivity contribution in [3.8, 4) is 11.4 Å². The number of nitrogens with two attached hydrogens (primary N) is 1. The quantitative estimate of drug-likeness (QED) is 0.914. The van der Waals surface area contributed by atoms with Crippen LogP contribution in [-0.2, 0) is 0 Å². The van der Waals surface area contributed by atoms with Crippen molar-refractivity contribution in [2.24, 2.45) is 5.73 Å². The van der Waals surface area contributed by atoms with Crippen molar-refractivity contribution in [1.82, 2.24) is 9.78 Å². The molecule has 1 aliphatic rings. The number of rotatable bonds is 3. The van der Waals surface area contributed by atoms with E-state index in [9.17, 15) is 5.11 Å². The number of hydrogen-bond acceptors (Lipinski definition) is 4. The Kier molecular flexibility index (Phi) is 4.07. The van der Waals surface area contributed by atoms with E-state index in [-0.39, 0.29) is 5.75 Å². The molecule has 118 valence electrons. The normalized spacial score (nSPS) is 16.5. The van der Waals surface area contributed by atoms with Crippen LogP contribution in [0.2, 0.25) is 0 Å². The summed E-state index contributed by atoms with van der Waals surface area (Å²) >= 11 is 0. The molecular weight excluding hydrogens is 276 g/mol. The molecule has 5 heteroatoms. The number of hydrogen-bond donors (Lipinski definition) is 2. The molecule has 0 radical (unpaired) electrons. The van der Waals surface area contributed by atoms with Crippen molar-refractivity contribution in [3.63, 3.8) is 0 Å². The smallest absolute Gasteiger partial charge is 0.115 e. The fourth-order valence-electron chi connectivity index (χ4n) is 3.07. The van der Waals surface area contributed by atoms with Crippen LogP contribution in [0.1, 0.15) is 38.3 Å². The van der Waals surface area contributed by atoms with Crippen molar-refractivity contribution >= 4 is 5.69 Å². The highest BCUT2D eigenvalue weighted by Gasteiger charge is 2.23. The molecule has 0 bridgehead atoms. The Morgan fingerprint density at radius 1 is 1.18 bits per heavy atom. The molecule has 1 aromatic carbocycles. The number of aromatic nitrogens is 2. The van der Waals surface area contributed by atoms with Crippen molar-refractivity contribution < 1.29 is 5.11 Å². The van der Waals surface area contributed by atoms with Gasteiger partial charge in [-0.1, -0.05) is 13.8 Å². The SMILES string of the molecule is CC(C)c1c(N2CCC(N)CC2)cnn1-c1ccc(O)cc1. The Morgan fingerprint density at radius 3 is 2.41 bits per heavy atom. The lowest BCUT2D eigenvalue weighted by Crippen LogP contribution is -2.40. The fraction of sp³-hybridized carbons (Fsp3) is 0.471. The zero-order valence-electron chi connectivity index (χ0n) is 13.2. The first kappa shape index (κ1) is 14.9. The number of phenols is 1. The molecule has 1 aliphatic heterocycles. The third-order valence-electron chi connectivity index (χ3n) is 4.31. The highest BCUT2D eigenvalue weighted by Crippen LogP contribution is 2.31. The van der Waals surface area contributed by atoms with Gasteiger partial charge in [-0.15, -0.1) is 0 Å². The zero-order chi connectivity index (χ0) is 15.7. The highest BCUT2D eigenvalue weighted by molar-refractivity contribution is 5.54. The molecule has 1 fully saturated rings. The molecule has 0 saturated carbocycles. The van der Waals surface area contributed by atoms with Gasteiger partial charge >= 0.3 is 0 Å². The van der Waals surface area contributed by atoms with E-state index in [0.29, 0.717) is 12.0 Å². The maximum Gasteiger partial charge on any atom is 0.115 e. The van der Waals surface area contributed by atoms with Crippen molar-refractivity contribution in [3.05, 3.63) is 36.2 Å². The minimum Gasteiger partial charge on any atom is -0.508 e. The average Bonchev–Trinajstić information content (AvgIpc) is 2.94. The van der Waals surface area contributed by atoms with E-state index < -0.39 is 0 Å². The van der Waals surface area contributed by atoms with Crippen LogP contribution in [0.15, 0.2) is 30.5 Å². The van der Waals surface area contributed by atoms with Crippen LogP contribution >= 0.6 is 0 Å². The van der Waals surface area contributed by atoms with E-state index in [2.05, 4.69) is 23.8 Å². The molecule has 2 heterocycles. The van der Waals surface area contributed by atoms with Crippen LogP contribution in [0, 0.1) is 0 Å². The predicted molar refractivity (Wildman–Crippen MR) is 88.7 cm³/mol. The number of phenolic OH excluding ortho intramolecular Hbond substituents is 1. The molecule has 0 atom stereocenters. The molecule has 0 amide bonds. The number of benzene rings is 1. The Hall–Kier alpha value is -2.01. The molecule has 3 rings (SSSR count). The average molecular weight is 300 g/mol. The largest absolute Gasteiger partial charge is 0.508 e. The van der Waals surface area contributed by atoms with Crippen LogP contribution in [0.4, 0.5) is 5.69 Å². The van der Waals surface area contributed by atoms with E-state index in [0.717, 1.165) is 31.6 Å². The minimum atomic E-state index is 0.271. The summed E-state index contributed by atoms with van der Waals surface area (Å²) in [5.74, 6) is 0.633. The molecule has 1 aromatic heterocycles. The topological polar surface area (TPSA) is 67.3 Å². The third kappa shape index (κ3) is 2.81. The second-order valence-corrected chi connectivity index (χ2v) is 6.32. The van der Waals surface area contributed by atoms with Crippen LogP contribution in [0.25, 0.3) is 5.69 Å². The fourth-order valence-corrected chi connectivity index (χ4v) is 3.07.